The molecule has 72 heavy (non-hydrogen) atoms. The predicted molar refractivity (Wildman–Crippen MR) is 281 cm³/mol. The molecule has 0 aliphatic rings. The Labute approximate surface area is 427 Å². The third-order valence-corrected chi connectivity index (χ3v) is 13.2. The van der Waals surface area contributed by atoms with Crippen LogP contribution in [0.3, 0.4) is 0 Å². The summed E-state index contributed by atoms with van der Waals surface area (Å²) in [6, 6.07) is 75.0. The molecule has 0 saturated heterocycles. The minimum Gasteiger partial charge on any atom is -0.335 e. The topological polar surface area (TPSA) is 56.0 Å². The molecule has 5 nitrogen and oxygen atoms in total. The fourth-order valence-electron chi connectivity index (χ4n) is 9.85. The first-order valence-corrected chi connectivity index (χ1v) is 23.2. The van der Waals surface area contributed by atoms with Crippen molar-refractivity contribution in [1.82, 2.24) is 24.3 Å². The summed E-state index contributed by atoms with van der Waals surface area (Å²) >= 11 is 0. The zero-order valence-corrected chi connectivity index (χ0v) is 40.5. The van der Waals surface area contributed by atoms with Gasteiger partial charge in [0.15, 0.2) is 0 Å². The van der Waals surface area contributed by atoms with Crippen LogP contribution in [0.2, 0.25) is 0 Å². The molecule has 13 aromatic rings. The van der Waals surface area contributed by atoms with E-state index in [1.165, 1.54) is 24.3 Å². The van der Waals surface area contributed by atoms with Crippen molar-refractivity contribution in [1.29, 1.82) is 0 Å². The average molecular weight is 1110 g/mol. The van der Waals surface area contributed by atoms with Gasteiger partial charge in [-0.25, -0.2) is 4.98 Å². The van der Waals surface area contributed by atoms with Crippen molar-refractivity contribution in [2.75, 3.05) is 0 Å². The molecule has 0 aliphatic heterocycles. The monoisotopic (exact) mass is 1110 g/mol. The third-order valence-electron chi connectivity index (χ3n) is 13.2. The Morgan fingerprint density at radius 1 is 0.403 bits per heavy atom. The quantitative estimate of drug-likeness (QED) is 0.112. The van der Waals surface area contributed by atoms with E-state index in [9.17, 15) is 8.78 Å². The molecular formula is C64H36F2IrN5. The van der Waals surface area contributed by atoms with Gasteiger partial charge in [-0.15, -0.1) is 89.3 Å². The average Bonchev–Trinajstić information content (AvgIpc) is 3.84. The standard InChI is InChI=1S/C64H36F2N5.Ir/c65-48-27-21-40(22-28-48)58-31-25-42(37-67-58)50-11-1-3-13-52(50)44-33-45(53-14-4-2-12-51(53)43-26-32-59(68-38-43)41-23-29-49(66)30-24-41)35-46(34-44)54-15-5-6-16-55(54)47-36-57-63(69-39-47)56-17-7-9-19-61(56)71-62-20-10-8-18-60(62)70-64(57)71;/h1-16,18-21,23,25-39H;/q-3;+3. The normalized spacial score (nSPS) is 11.4. The van der Waals surface area contributed by atoms with Crippen LogP contribution in [-0.2, 0) is 20.1 Å². The molecule has 8 heteroatoms. The number of imidazole rings is 1. The van der Waals surface area contributed by atoms with Crippen LogP contribution in [0.15, 0.2) is 219 Å². The number of rotatable bonds is 8. The number of nitrogens with zero attached hydrogens (tertiary/aromatic N) is 5. The Hall–Kier alpha value is -8.81. The number of halogens is 2. The predicted octanol–water partition coefficient (Wildman–Crippen LogP) is 16.0. The summed E-state index contributed by atoms with van der Waals surface area (Å²) in [7, 11) is 0. The van der Waals surface area contributed by atoms with Gasteiger partial charge in [-0.3, -0.25) is 8.78 Å². The molecule has 13 rings (SSSR count). The van der Waals surface area contributed by atoms with Gasteiger partial charge in [-0.1, -0.05) is 109 Å². The second kappa shape index (κ2) is 18.5. The Morgan fingerprint density at radius 2 is 0.875 bits per heavy atom. The molecular weight excluding hydrogens is 1070 g/mol. The van der Waals surface area contributed by atoms with Crippen LogP contribution in [0.5, 0.6) is 0 Å². The van der Waals surface area contributed by atoms with E-state index in [0.29, 0.717) is 11.4 Å². The zero-order chi connectivity index (χ0) is 47.4. The summed E-state index contributed by atoms with van der Waals surface area (Å²) in [4.78, 5) is 20.0. The number of pyridine rings is 4. The summed E-state index contributed by atoms with van der Waals surface area (Å²) in [5.41, 5.74) is 19.5. The largest absolute Gasteiger partial charge is 3.00 e. The Morgan fingerprint density at radius 3 is 1.38 bits per heavy atom. The summed E-state index contributed by atoms with van der Waals surface area (Å²) in [6.45, 7) is 0. The smallest absolute Gasteiger partial charge is 0.335 e. The first-order valence-electron chi connectivity index (χ1n) is 23.2. The second-order valence-corrected chi connectivity index (χ2v) is 17.5. The van der Waals surface area contributed by atoms with E-state index in [1.54, 1.807) is 12.1 Å². The molecule has 0 fully saturated rings. The molecule has 0 amide bonds. The van der Waals surface area contributed by atoms with Crippen molar-refractivity contribution < 1.29 is 28.9 Å². The Balaban J connectivity index is 0.00000530. The van der Waals surface area contributed by atoms with E-state index in [1.807, 2.05) is 67.1 Å². The molecule has 0 saturated carbocycles. The van der Waals surface area contributed by atoms with Crippen molar-refractivity contribution in [3.8, 4) is 89.3 Å². The zero-order valence-electron chi connectivity index (χ0n) is 38.1. The number of hydrogen-bond donors (Lipinski definition) is 0. The van der Waals surface area contributed by atoms with E-state index in [0.717, 1.165) is 116 Å². The van der Waals surface area contributed by atoms with Crippen LogP contribution in [0.1, 0.15) is 0 Å². The number of para-hydroxylation sites is 2. The summed E-state index contributed by atoms with van der Waals surface area (Å²) < 4.78 is 29.8. The molecule has 340 valence electrons. The van der Waals surface area contributed by atoms with E-state index in [-0.39, 0.29) is 31.7 Å². The molecule has 0 bridgehead atoms. The van der Waals surface area contributed by atoms with Gasteiger partial charge in [-0.05, 0) is 120 Å². The van der Waals surface area contributed by atoms with Crippen LogP contribution in [0.4, 0.5) is 8.78 Å². The van der Waals surface area contributed by atoms with E-state index in [2.05, 4.69) is 138 Å². The molecule has 0 aliphatic carbocycles. The summed E-state index contributed by atoms with van der Waals surface area (Å²) in [5.74, 6) is -0.681. The fourth-order valence-corrected chi connectivity index (χ4v) is 9.85. The second-order valence-electron chi connectivity index (χ2n) is 17.5. The minimum absolute atomic E-state index is 0. The maximum atomic E-state index is 13.8. The van der Waals surface area contributed by atoms with Gasteiger partial charge in [0.25, 0.3) is 0 Å². The number of hydrogen-bond acceptors (Lipinski definition) is 4. The first-order chi connectivity index (χ1) is 35.0. The maximum Gasteiger partial charge on any atom is 3.00 e. The van der Waals surface area contributed by atoms with E-state index < -0.39 is 0 Å². The number of benzene rings is 8. The SMILES string of the molecule is Fc1c[c-]c(-c2ccc(-c3ccccc3-c3cc(-c4ccccc4-c4ccc(-c5[c-]cc(F)cc5)nc4)cc(-c4ccccc4-c4cnc5c6[c-]cccc6n6c7ccccc7nc6c5c4)c3)cn2)cc1.[Ir+3]. The van der Waals surface area contributed by atoms with Crippen molar-refractivity contribution in [2.24, 2.45) is 0 Å². The van der Waals surface area contributed by atoms with Crippen molar-refractivity contribution in [3.05, 3.63) is 249 Å². The molecule has 8 aromatic carbocycles. The Kier molecular flexibility index (Phi) is 11.4. The number of aromatic nitrogens is 5. The van der Waals surface area contributed by atoms with Crippen molar-refractivity contribution >= 4 is 38.5 Å². The minimum atomic E-state index is -0.340. The number of fused-ring (bicyclic) bond motifs is 8. The van der Waals surface area contributed by atoms with Gasteiger partial charge >= 0.3 is 20.1 Å². The van der Waals surface area contributed by atoms with Gasteiger partial charge in [0.2, 0.25) is 0 Å². The summed E-state index contributed by atoms with van der Waals surface area (Å²) in [5, 5.41) is 1.87. The van der Waals surface area contributed by atoms with Gasteiger partial charge < -0.3 is 19.4 Å². The molecule has 0 unspecified atom stereocenters. The third kappa shape index (κ3) is 7.93. The van der Waals surface area contributed by atoms with Crippen LogP contribution in [0, 0.1) is 29.8 Å². The van der Waals surface area contributed by atoms with Crippen LogP contribution in [-0.4, -0.2) is 24.3 Å². The molecule has 5 heterocycles. The van der Waals surface area contributed by atoms with Crippen LogP contribution in [0.25, 0.3) is 128 Å². The summed E-state index contributed by atoms with van der Waals surface area (Å²) in [6.07, 6.45) is 5.71. The van der Waals surface area contributed by atoms with Gasteiger partial charge in [0.05, 0.1) is 11.0 Å². The van der Waals surface area contributed by atoms with Gasteiger partial charge in [0, 0.05) is 41.1 Å². The van der Waals surface area contributed by atoms with Crippen LogP contribution >= 0.6 is 0 Å². The molecule has 0 spiro atoms. The molecule has 0 atom stereocenters. The van der Waals surface area contributed by atoms with Crippen molar-refractivity contribution in [2.45, 2.75) is 0 Å². The molecule has 0 N–H and O–H groups in total. The van der Waals surface area contributed by atoms with E-state index >= 15 is 0 Å². The molecule has 5 aromatic heterocycles. The van der Waals surface area contributed by atoms with E-state index in [4.69, 9.17) is 19.9 Å². The van der Waals surface area contributed by atoms with Crippen molar-refractivity contribution in [3.63, 3.8) is 0 Å². The van der Waals surface area contributed by atoms with Gasteiger partial charge in [0.1, 0.15) is 5.65 Å². The maximum absolute atomic E-state index is 13.8. The van der Waals surface area contributed by atoms with Gasteiger partial charge in [-0.2, -0.15) is 0 Å². The molecule has 0 radical (unpaired) electrons. The fraction of sp³-hybridized carbons (Fsp3) is 0. The Bertz CT molecular complexity index is 4020. The van der Waals surface area contributed by atoms with Crippen LogP contribution < -0.4 is 0 Å². The first kappa shape index (κ1) is 44.4.